The molecular weight excluding hydrogens is 338 g/mol. The minimum atomic E-state index is 0.00540. The Labute approximate surface area is 161 Å². The average molecular weight is 367 g/mol. The number of hydrogen-bond donors (Lipinski definition) is 1. The second-order valence-electron chi connectivity index (χ2n) is 7.28. The van der Waals surface area contributed by atoms with E-state index in [0.717, 1.165) is 62.3 Å². The highest BCUT2D eigenvalue weighted by Gasteiger charge is 2.22. The van der Waals surface area contributed by atoms with Gasteiger partial charge in [0.05, 0.1) is 0 Å². The number of benzene rings is 1. The van der Waals surface area contributed by atoms with Gasteiger partial charge in [0.2, 0.25) is 0 Å². The van der Waals surface area contributed by atoms with Crippen molar-refractivity contribution < 1.29 is 9.53 Å². The van der Waals surface area contributed by atoms with Gasteiger partial charge in [0.15, 0.2) is 0 Å². The van der Waals surface area contributed by atoms with E-state index in [4.69, 9.17) is 4.74 Å². The van der Waals surface area contributed by atoms with Crippen LogP contribution in [-0.2, 0) is 4.74 Å². The Hall–Kier alpha value is -2.24. The number of nitrogens with zero attached hydrogens (tertiary/aromatic N) is 2. The third kappa shape index (κ3) is 5.37. The van der Waals surface area contributed by atoms with Crippen LogP contribution < -0.4 is 5.32 Å². The van der Waals surface area contributed by atoms with Gasteiger partial charge in [-0.3, -0.25) is 9.78 Å². The zero-order chi connectivity index (χ0) is 19.1. The first-order valence-electron chi connectivity index (χ1n) is 9.68. The lowest BCUT2D eigenvalue weighted by Gasteiger charge is -2.16. The summed E-state index contributed by atoms with van der Waals surface area (Å²) in [5.74, 6) is 0.543. The summed E-state index contributed by atoms with van der Waals surface area (Å²) in [6.45, 7) is 6.85. The summed E-state index contributed by atoms with van der Waals surface area (Å²) in [6, 6.07) is 9.81. The molecule has 3 rings (SSSR count). The zero-order valence-corrected chi connectivity index (χ0v) is 16.3. The fourth-order valence-electron chi connectivity index (χ4n) is 3.65. The van der Waals surface area contributed by atoms with Crippen molar-refractivity contribution in [3.8, 4) is 11.1 Å². The molecular formula is C22H29N3O2. The van der Waals surface area contributed by atoms with E-state index >= 15 is 0 Å². The summed E-state index contributed by atoms with van der Waals surface area (Å²) < 4.78 is 5.11. The second-order valence-corrected chi connectivity index (χ2v) is 7.28. The molecule has 1 aromatic heterocycles. The highest BCUT2D eigenvalue weighted by atomic mass is 16.5. The molecule has 0 spiro atoms. The normalized spacial score (nSPS) is 17.2. The van der Waals surface area contributed by atoms with Gasteiger partial charge in [-0.05, 0) is 67.1 Å². The Morgan fingerprint density at radius 3 is 2.85 bits per heavy atom. The van der Waals surface area contributed by atoms with Crippen LogP contribution in [0.15, 0.2) is 42.7 Å². The summed E-state index contributed by atoms with van der Waals surface area (Å²) in [5, 5.41) is 3.10. The van der Waals surface area contributed by atoms with Crippen molar-refractivity contribution >= 4 is 5.91 Å². The number of aryl methyl sites for hydroxylation is 1. The van der Waals surface area contributed by atoms with Gasteiger partial charge in [-0.2, -0.15) is 0 Å². The van der Waals surface area contributed by atoms with Crippen LogP contribution in [0.5, 0.6) is 0 Å². The third-order valence-corrected chi connectivity index (χ3v) is 5.22. The summed E-state index contributed by atoms with van der Waals surface area (Å²) in [4.78, 5) is 19.0. The van der Waals surface area contributed by atoms with Crippen molar-refractivity contribution in [3.05, 3.63) is 53.9 Å². The molecule has 1 aliphatic rings. The molecule has 1 fully saturated rings. The van der Waals surface area contributed by atoms with Gasteiger partial charge in [-0.1, -0.05) is 12.1 Å². The molecule has 1 aliphatic heterocycles. The standard InChI is InChI=1S/C22H29N3O2/c1-17-14-23-10-8-21(17)19-4-6-20(7-5-19)22(26)24-15-18-9-12-25(16-18)11-3-13-27-2/h4-8,10,14,18H,3,9,11-13,15-16H2,1-2H3,(H,24,26)/t18-/m0/s1. The number of ether oxygens (including phenoxy) is 1. The average Bonchev–Trinajstić information content (AvgIpc) is 3.15. The third-order valence-electron chi connectivity index (χ3n) is 5.22. The Kier molecular flexibility index (Phi) is 6.96. The molecule has 1 amide bonds. The van der Waals surface area contributed by atoms with Gasteiger partial charge in [0.1, 0.15) is 0 Å². The molecule has 1 N–H and O–H groups in total. The zero-order valence-electron chi connectivity index (χ0n) is 16.3. The monoisotopic (exact) mass is 367 g/mol. The summed E-state index contributed by atoms with van der Waals surface area (Å²) in [6.07, 6.45) is 5.87. The first-order valence-corrected chi connectivity index (χ1v) is 9.68. The van der Waals surface area contributed by atoms with Crippen molar-refractivity contribution in [1.82, 2.24) is 15.2 Å². The maximum absolute atomic E-state index is 12.5. The fraction of sp³-hybridized carbons (Fsp3) is 0.455. The number of nitrogens with one attached hydrogen (secondary N) is 1. The molecule has 27 heavy (non-hydrogen) atoms. The predicted molar refractivity (Wildman–Crippen MR) is 108 cm³/mol. The van der Waals surface area contributed by atoms with E-state index in [1.54, 1.807) is 13.3 Å². The van der Waals surface area contributed by atoms with Crippen molar-refractivity contribution in [3.63, 3.8) is 0 Å². The van der Waals surface area contributed by atoms with Crippen molar-refractivity contribution in [2.24, 2.45) is 5.92 Å². The van der Waals surface area contributed by atoms with Crippen molar-refractivity contribution in [2.45, 2.75) is 19.8 Å². The maximum Gasteiger partial charge on any atom is 0.251 e. The number of carbonyl (C=O) groups excluding carboxylic acids is 1. The van der Waals surface area contributed by atoms with Crippen LogP contribution in [0.3, 0.4) is 0 Å². The SMILES string of the molecule is COCCCN1CC[C@@H](CNC(=O)c2ccc(-c3ccncc3C)cc2)C1. The van der Waals surface area contributed by atoms with Crippen LogP contribution in [0, 0.1) is 12.8 Å². The van der Waals surface area contributed by atoms with Gasteiger partial charge in [-0.25, -0.2) is 0 Å². The summed E-state index contributed by atoms with van der Waals surface area (Å²) in [5.41, 5.74) is 4.09. The van der Waals surface area contributed by atoms with Crippen LogP contribution in [0.1, 0.15) is 28.8 Å². The van der Waals surface area contributed by atoms with Gasteiger partial charge in [-0.15, -0.1) is 0 Å². The van der Waals surface area contributed by atoms with E-state index in [-0.39, 0.29) is 5.91 Å². The molecule has 0 saturated carbocycles. The van der Waals surface area contributed by atoms with E-state index in [2.05, 4.69) is 15.2 Å². The number of hydrogen-bond acceptors (Lipinski definition) is 4. The summed E-state index contributed by atoms with van der Waals surface area (Å²) in [7, 11) is 1.74. The largest absolute Gasteiger partial charge is 0.385 e. The number of likely N-dealkylation sites (tertiary alicyclic amines) is 1. The molecule has 5 nitrogen and oxygen atoms in total. The van der Waals surface area contributed by atoms with Gasteiger partial charge in [0, 0.05) is 51.3 Å². The highest BCUT2D eigenvalue weighted by molar-refractivity contribution is 5.94. The maximum atomic E-state index is 12.5. The number of amides is 1. The molecule has 5 heteroatoms. The Morgan fingerprint density at radius 2 is 2.11 bits per heavy atom. The predicted octanol–water partition coefficient (Wildman–Crippen LogP) is 3.15. The molecule has 144 valence electrons. The Morgan fingerprint density at radius 1 is 1.30 bits per heavy atom. The molecule has 0 bridgehead atoms. The van der Waals surface area contributed by atoms with Gasteiger partial charge in [0.25, 0.3) is 5.91 Å². The minimum Gasteiger partial charge on any atom is -0.385 e. The van der Waals surface area contributed by atoms with Crippen LogP contribution in [0.4, 0.5) is 0 Å². The lowest BCUT2D eigenvalue weighted by molar-refractivity contribution is 0.0947. The quantitative estimate of drug-likeness (QED) is 0.728. The molecule has 0 radical (unpaired) electrons. The molecule has 0 unspecified atom stereocenters. The van der Waals surface area contributed by atoms with Crippen LogP contribution in [0.2, 0.25) is 0 Å². The Balaban J connectivity index is 1.48. The van der Waals surface area contributed by atoms with E-state index in [9.17, 15) is 4.79 Å². The Bertz CT molecular complexity index is 745. The first-order chi connectivity index (χ1) is 13.2. The molecule has 2 heterocycles. The lowest BCUT2D eigenvalue weighted by atomic mass is 10.0. The first kappa shape index (κ1) is 19.5. The molecule has 2 aromatic rings. The number of carbonyl (C=O) groups is 1. The second kappa shape index (κ2) is 9.62. The van der Waals surface area contributed by atoms with Crippen LogP contribution in [-0.4, -0.2) is 55.7 Å². The van der Waals surface area contributed by atoms with Crippen molar-refractivity contribution in [1.29, 1.82) is 0 Å². The molecule has 1 aromatic carbocycles. The fourth-order valence-corrected chi connectivity index (χ4v) is 3.65. The topological polar surface area (TPSA) is 54.5 Å². The summed E-state index contributed by atoms with van der Waals surface area (Å²) >= 11 is 0. The smallest absolute Gasteiger partial charge is 0.251 e. The van der Waals surface area contributed by atoms with E-state index in [0.29, 0.717) is 11.5 Å². The lowest BCUT2D eigenvalue weighted by Crippen LogP contribution is -2.31. The van der Waals surface area contributed by atoms with Gasteiger partial charge < -0.3 is 15.0 Å². The molecule has 1 atom stereocenters. The highest BCUT2D eigenvalue weighted by Crippen LogP contribution is 2.22. The minimum absolute atomic E-state index is 0.00540. The van der Waals surface area contributed by atoms with E-state index in [1.165, 1.54) is 0 Å². The van der Waals surface area contributed by atoms with Crippen molar-refractivity contribution in [2.75, 3.05) is 39.9 Å². The number of aromatic nitrogens is 1. The van der Waals surface area contributed by atoms with E-state index in [1.807, 2.05) is 43.5 Å². The molecule has 0 aliphatic carbocycles. The number of methoxy groups -OCH3 is 1. The molecule has 1 saturated heterocycles. The van der Waals surface area contributed by atoms with Gasteiger partial charge >= 0.3 is 0 Å². The van der Waals surface area contributed by atoms with Crippen LogP contribution >= 0.6 is 0 Å². The number of rotatable bonds is 8. The van der Waals surface area contributed by atoms with Crippen LogP contribution in [0.25, 0.3) is 11.1 Å². The van der Waals surface area contributed by atoms with E-state index < -0.39 is 0 Å². The number of pyridine rings is 1.